The van der Waals surface area contributed by atoms with Gasteiger partial charge in [-0.15, -0.1) is 0 Å². The van der Waals surface area contributed by atoms with Gasteiger partial charge in [-0.2, -0.15) is 5.26 Å². The van der Waals surface area contributed by atoms with E-state index >= 15 is 0 Å². The SMILES string of the molecule is N#CCc1cc(O)cc2c1OCCO2. The van der Waals surface area contributed by atoms with E-state index in [1.807, 2.05) is 6.07 Å². The molecule has 0 saturated heterocycles. The van der Waals surface area contributed by atoms with Gasteiger partial charge in [0.25, 0.3) is 0 Å². The number of fused-ring (bicyclic) bond motifs is 1. The van der Waals surface area contributed by atoms with Crippen molar-refractivity contribution in [3.63, 3.8) is 0 Å². The third-order valence-electron chi connectivity index (χ3n) is 1.97. The predicted octanol–water partition coefficient (Wildman–Crippen LogP) is 1.23. The highest BCUT2D eigenvalue weighted by Gasteiger charge is 2.17. The zero-order valence-corrected chi connectivity index (χ0v) is 7.49. The van der Waals surface area contributed by atoms with Crippen molar-refractivity contribution in [3.8, 4) is 23.3 Å². The summed E-state index contributed by atoms with van der Waals surface area (Å²) in [4.78, 5) is 0. The fourth-order valence-electron chi connectivity index (χ4n) is 1.43. The fourth-order valence-corrected chi connectivity index (χ4v) is 1.43. The second-order valence-electron chi connectivity index (χ2n) is 2.96. The molecule has 4 nitrogen and oxygen atoms in total. The number of benzene rings is 1. The van der Waals surface area contributed by atoms with Crippen LogP contribution in [0, 0.1) is 11.3 Å². The van der Waals surface area contributed by atoms with Crippen LogP contribution >= 0.6 is 0 Å². The number of hydrogen-bond acceptors (Lipinski definition) is 4. The van der Waals surface area contributed by atoms with Crippen LogP contribution in [0.3, 0.4) is 0 Å². The van der Waals surface area contributed by atoms with Crippen LogP contribution in [0.15, 0.2) is 12.1 Å². The molecule has 0 radical (unpaired) electrons. The quantitative estimate of drug-likeness (QED) is 0.725. The van der Waals surface area contributed by atoms with Gasteiger partial charge in [-0.05, 0) is 6.07 Å². The van der Waals surface area contributed by atoms with E-state index in [0.29, 0.717) is 30.3 Å². The van der Waals surface area contributed by atoms with Crippen molar-refractivity contribution in [2.75, 3.05) is 13.2 Å². The Morgan fingerprint density at radius 3 is 2.93 bits per heavy atom. The highest BCUT2D eigenvalue weighted by molar-refractivity contribution is 5.52. The highest BCUT2D eigenvalue weighted by atomic mass is 16.6. The van der Waals surface area contributed by atoms with Gasteiger partial charge in [0, 0.05) is 11.6 Å². The minimum absolute atomic E-state index is 0.0968. The summed E-state index contributed by atoms with van der Waals surface area (Å²) in [7, 11) is 0. The molecule has 0 aliphatic carbocycles. The lowest BCUT2D eigenvalue weighted by Gasteiger charge is -2.20. The topological polar surface area (TPSA) is 62.5 Å². The van der Waals surface area contributed by atoms with Crippen LogP contribution in [0.25, 0.3) is 0 Å². The molecular formula is C10H9NO3. The standard InChI is InChI=1S/C10H9NO3/c11-2-1-7-5-8(12)6-9-10(7)14-4-3-13-9/h5-6,12H,1,3-4H2. The average molecular weight is 191 g/mol. The van der Waals surface area contributed by atoms with Crippen molar-refractivity contribution in [1.29, 1.82) is 5.26 Å². The summed E-state index contributed by atoms with van der Waals surface area (Å²) < 4.78 is 10.7. The molecule has 0 aromatic heterocycles. The number of nitrogens with zero attached hydrogens (tertiary/aromatic N) is 1. The van der Waals surface area contributed by atoms with Crippen LogP contribution < -0.4 is 9.47 Å². The van der Waals surface area contributed by atoms with Crippen LogP contribution in [0.4, 0.5) is 0 Å². The second-order valence-corrected chi connectivity index (χ2v) is 2.96. The number of rotatable bonds is 1. The molecule has 1 heterocycles. The van der Waals surface area contributed by atoms with Crippen LogP contribution in [-0.2, 0) is 6.42 Å². The van der Waals surface area contributed by atoms with Gasteiger partial charge in [-0.3, -0.25) is 0 Å². The summed E-state index contributed by atoms with van der Waals surface area (Å²) in [5.41, 5.74) is 0.669. The van der Waals surface area contributed by atoms with Gasteiger partial charge in [0.15, 0.2) is 11.5 Å². The van der Waals surface area contributed by atoms with Gasteiger partial charge in [0.2, 0.25) is 0 Å². The van der Waals surface area contributed by atoms with Gasteiger partial charge in [-0.25, -0.2) is 0 Å². The Morgan fingerprint density at radius 1 is 1.36 bits per heavy atom. The molecule has 14 heavy (non-hydrogen) atoms. The second kappa shape index (κ2) is 3.46. The Hall–Kier alpha value is -1.89. The fraction of sp³-hybridized carbons (Fsp3) is 0.300. The summed E-state index contributed by atoms with van der Waals surface area (Å²) >= 11 is 0. The monoisotopic (exact) mass is 191 g/mol. The summed E-state index contributed by atoms with van der Waals surface area (Å²) in [5.74, 6) is 1.19. The lowest BCUT2D eigenvalue weighted by molar-refractivity contribution is 0.169. The summed E-state index contributed by atoms with van der Waals surface area (Å²) in [6.45, 7) is 0.957. The molecule has 1 aliphatic rings. The molecule has 2 rings (SSSR count). The van der Waals surface area contributed by atoms with Crippen molar-refractivity contribution >= 4 is 0 Å². The normalized spacial score (nSPS) is 13.4. The smallest absolute Gasteiger partial charge is 0.165 e. The van der Waals surface area contributed by atoms with Crippen LogP contribution in [0.2, 0.25) is 0 Å². The Morgan fingerprint density at radius 2 is 2.14 bits per heavy atom. The summed E-state index contributed by atoms with van der Waals surface area (Å²) in [6.07, 6.45) is 0.208. The molecule has 0 fully saturated rings. The van der Waals surface area contributed by atoms with Crippen molar-refractivity contribution in [3.05, 3.63) is 17.7 Å². The molecule has 1 aromatic carbocycles. The van der Waals surface area contributed by atoms with Crippen LogP contribution in [0.5, 0.6) is 17.2 Å². The van der Waals surface area contributed by atoms with E-state index < -0.39 is 0 Å². The maximum atomic E-state index is 9.35. The Labute approximate surface area is 81.3 Å². The molecule has 0 amide bonds. The van der Waals surface area contributed by atoms with E-state index in [-0.39, 0.29) is 12.2 Å². The first-order valence-corrected chi connectivity index (χ1v) is 4.29. The highest BCUT2D eigenvalue weighted by Crippen LogP contribution is 2.37. The predicted molar refractivity (Wildman–Crippen MR) is 48.4 cm³/mol. The number of phenolic OH excluding ortho intramolecular Hbond substituents is 1. The third-order valence-corrected chi connectivity index (χ3v) is 1.97. The number of hydrogen-bond donors (Lipinski definition) is 1. The van der Waals surface area contributed by atoms with Crippen molar-refractivity contribution in [2.45, 2.75) is 6.42 Å². The maximum Gasteiger partial charge on any atom is 0.165 e. The van der Waals surface area contributed by atoms with Gasteiger partial charge >= 0.3 is 0 Å². The summed E-state index contributed by atoms with van der Waals surface area (Å²) in [5, 5.41) is 17.9. The first kappa shape index (κ1) is 8.70. The van der Waals surface area contributed by atoms with Gasteiger partial charge in [-0.1, -0.05) is 0 Å². The van der Waals surface area contributed by atoms with E-state index in [0.717, 1.165) is 0 Å². The Balaban J connectivity index is 2.48. The largest absolute Gasteiger partial charge is 0.508 e. The van der Waals surface area contributed by atoms with E-state index in [1.54, 1.807) is 0 Å². The molecule has 0 spiro atoms. The summed E-state index contributed by atoms with van der Waals surface area (Å²) in [6, 6.07) is 5.03. The molecule has 0 unspecified atom stereocenters. The van der Waals surface area contributed by atoms with Crippen LogP contribution in [-0.4, -0.2) is 18.3 Å². The van der Waals surface area contributed by atoms with Crippen LogP contribution in [0.1, 0.15) is 5.56 Å². The van der Waals surface area contributed by atoms with E-state index in [4.69, 9.17) is 14.7 Å². The molecule has 1 aliphatic heterocycles. The van der Waals surface area contributed by atoms with E-state index in [1.165, 1.54) is 12.1 Å². The molecular weight excluding hydrogens is 182 g/mol. The molecule has 1 aromatic rings. The lowest BCUT2D eigenvalue weighted by Crippen LogP contribution is -2.16. The Kier molecular flexibility index (Phi) is 2.15. The zero-order valence-electron chi connectivity index (χ0n) is 7.49. The first-order chi connectivity index (χ1) is 6.81. The van der Waals surface area contributed by atoms with E-state index in [2.05, 4.69) is 0 Å². The molecule has 72 valence electrons. The third kappa shape index (κ3) is 1.44. The maximum absolute atomic E-state index is 9.35. The van der Waals surface area contributed by atoms with E-state index in [9.17, 15) is 5.11 Å². The molecule has 4 heteroatoms. The zero-order chi connectivity index (χ0) is 9.97. The minimum atomic E-state index is 0.0968. The molecule has 0 bridgehead atoms. The minimum Gasteiger partial charge on any atom is -0.508 e. The number of aromatic hydroxyl groups is 1. The van der Waals surface area contributed by atoms with Crippen molar-refractivity contribution in [1.82, 2.24) is 0 Å². The Bertz CT molecular complexity index is 395. The van der Waals surface area contributed by atoms with Gasteiger partial charge in [0.1, 0.15) is 19.0 Å². The van der Waals surface area contributed by atoms with Crippen molar-refractivity contribution in [2.24, 2.45) is 0 Å². The first-order valence-electron chi connectivity index (χ1n) is 4.29. The molecule has 1 N–H and O–H groups in total. The number of ether oxygens (including phenoxy) is 2. The van der Waals surface area contributed by atoms with Crippen molar-refractivity contribution < 1.29 is 14.6 Å². The molecule has 0 saturated carbocycles. The number of nitriles is 1. The van der Waals surface area contributed by atoms with Gasteiger partial charge < -0.3 is 14.6 Å². The van der Waals surface area contributed by atoms with Gasteiger partial charge in [0.05, 0.1) is 12.5 Å². The number of phenols is 1. The molecule has 0 atom stereocenters. The average Bonchev–Trinajstić information content (AvgIpc) is 2.18. The lowest BCUT2D eigenvalue weighted by atomic mass is 10.1.